The number of carbonyl (C=O) groups excluding carboxylic acids is 1. The second kappa shape index (κ2) is 10.8. The standard InChI is InChI=1S/C22H26F3N3O6S/c1-26(30)21(29)20(27-11-13-33-14-12-27)15-28(35(2,31)32)17-5-9-19(10-6-17)34-18-7-3-16(4-8-18)22(23,24)25/h3-10,20,30H,11-15H2,1-2H3/t20-/m0/s1. The topological polar surface area (TPSA) is 99.6 Å². The van der Waals surface area contributed by atoms with E-state index in [9.17, 15) is 31.6 Å². The molecule has 0 unspecified atom stereocenters. The highest BCUT2D eigenvalue weighted by Crippen LogP contribution is 2.32. The van der Waals surface area contributed by atoms with Gasteiger partial charge in [-0.25, -0.2) is 13.5 Å². The van der Waals surface area contributed by atoms with E-state index in [1.807, 2.05) is 0 Å². The van der Waals surface area contributed by atoms with Crippen LogP contribution in [0.1, 0.15) is 5.56 Å². The van der Waals surface area contributed by atoms with Crippen molar-refractivity contribution in [3.63, 3.8) is 0 Å². The van der Waals surface area contributed by atoms with Crippen LogP contribution in [0.4, 0.5) is 18.9 Å². The first-order valence-electron chi connectivity index (χ1n) is 10.6. The first-order valence-corrected chi connectivity index (χ1v) is 12.4. The van der Waals surface area contributed by atoms with Gasteiger partial charge >= 0.3 is 6.18 Å². The quantitative estimate of drug-likeness (QED) is 0.425. The minimum Gasteiger partial charge on any atom is -0.457 e. The van der Waals surface area contributed by atoms with E-state index in [2.05, 4.69) is 0 Å². The molecule has 1 N–H and O–H groups in total. The molecular weight excluding hydrogens is 491 g/mol. The number of ether oxygens (including phenoxy) is 2. The van der Waals surface area contributed by atoms with E-state index in [0.29, 0.717) is 31.4 Å². The molecule has 1 heterocycles. The molecule has 1 aliphatic rings. The van der Waals surface area contributed by atoms with Crippen molar-refractivity contribution in [1.82, 2.24) is 9.96 Å². The molecule has 2 aromatic rings. The number of likely N-dealkylation sites (N-methyl/N-ethyl adjacent to an activating group) is 1. The molecule has 0 spiro atoms. The lowest BCUT2D eigenvalue weighted by molar-refractivity contribution is -0.166. The zero-order valence-electron chi connectivity index (χ0n) is 19.1. The Balaban J connectivity index is 1.80. The fourth-order valence-corrected chi connectivity index (χ4v) is 4.49. The number of rotatable bonds is 8. The van der Waals surface area contributed by atoms with E-state index in [1.165, 1.54) is 43.4 Å². The monoisotopic (exact) mass is 517 g/mol. The normalized spacial score (nSPS) is 15.9. The Labute approximate surface area is 201 Å². The van der Waals surface area contributed by atoms with Gasteiger partial charge in [0.05, 0.1) is 37.3 Å². The smallest absolute Gasteiger partial charge is 0.416 e. The molecule has 3 rings (SSSR count). The summed E-state index contributed by atoms with van der Waals surface area (Å²) in [6.07, 6.45) is -3.45. The molecule has 0 aromatic heterocycles. The summed E-state index contributed by atoms with van der Waals surface area (Å²) in [5.74, 6) is -0.213. The summed E-state index contributed by atoms with van der Waals surface area (Å²) in [6, 6.07) is 9.07. The summed E-state index contributed by atoms with van der Waals surface area (Å²) < 4.78 is 75.3. The second-order valence-corrected chi connectivity index (χ2v) is 9.84. The van der Waals surface area contributed by atoms with Gasteiger partial charge in [0.15, 0.2) is 0 Å². The molecule has 1 amide bonds. The van der Waals surface area contributed by atoms with Gasteiger partial charge in [0.2, 0.25) is 10.0 Å². The number of benzene rings is 2. The maximum atomic E-state index is 12.7. The third kappa shape index (κ3) is 7.07. The highest BCUT2D eigenvalue weighted by atomic mass is 32.2. The van der Waals surface area contributed by atoms with Crippen molar-refractivity contribution in [2.45, 2.75) is 12.2 Å². The lowest BCUT2D eigenvalue weighted by atomic mass is 10.2. The number of alkyl halides is 3. The maximum absolute atomic E-state index is 12.7. The van der Waals surface area contributed by atoms with Crippen LogP contribution in [0.15, 0.2) is 48.5 Å². The summed E-state index contributed by atoms with van der Waals surface area (Å²) >= 11 is 0. The Kier molecular flexibility index (Phi) is 8.26. The fourth-order valence-electron chi connectivity index (χ4n) is 3.57. The average molecular weight is 518 g/mol. The molecule has 1 fully saturated rings. The Hall–Kier alpha value is -2.87. The molecule has 13 heteroatoms. The van der Waals surface area contributed by atoms with E-state index < -0.39 is 33.7 Å². The average Bonchev–Trinajstić information content (AvgIpc) is 2.79. The molecule has 0 saturated carbocycles. The van der Waals surface area contributed by atoms with Crippen LogP contribution in [-0.4, -0.2) is 81.7 Å². The number of carbonyl (C=O) groups is 1. The van der Waals surface area contributed by atoms with Crippen LogP contribution in [0.3, 0.4) is 0 Å². The Morgan fingerprint density at radius 2 is 1.60 bits per heavy atom. The molecular formula is C22H26F3N3O6S. The van der Waals surface area contributed by atoms with Crippen molar-refractivity contribution in [3.05, 3.63) is 54.1 Å². The molecule has 192 valence electrons. The predicted molar refractivity (Wildman–Crippen MR) is 121 cm³/mol. The van der Waals surface area contributed by atoms with Crippen molar-refractivity contribution in [3.8, 4) is 11.5 Å². The number of hydroxylamine groups is 2. The first kappa shape index (κ1) is 26.7. The van der Waals surface area contributed by atoms with Crippen LogP contribution >= 0.6 is 0 Å². The zero-order chi connectivity index (χ0) is 25.8. The molecule has 9 nitrogen and oxygen atoms in total. The Bertz CT molecular complexity index is 1100. The first-order chi connectivity index (χ1) is 16.4. The van der Waals surface area contributed by atoms with Crippen LogP contribution < -0.4 is 9.04 Å². The van der Waals surface area contributed by atoms with Crippen molar-refractivity contribution >= 4 is 21.6 Å². The largest absolute Gasteiger partial charge is 0.457 e. The van der Waals surface area contributed by atoms with Gasteiger partial charge in [-0.05, 0) is 48.5 Å². The molecule has 0 aliphatic carbocycles. The number of nitrogens with zero attached hydrogens (tertiary/aromatic N) is 3. The summed E-state index contributed by atoms with van der Waals surface area (Å²) in [5, 5.41) is 10.2. The van der Waals surface area contributed by atoms with Gasteiger partial charge in [0.25, 0.3) is 5.91 Å². The summed E-state index contributed by atoms with van der Waals surface area (Å²) in [5.41, 5.74) is -0.555. The summed E-state index contributed by atoms with van der Waals surface area (Å²) in [7, 11) is -2.65. The predicted octanol–water partition coefficient (Wildman–Crippen LogP) is 2.81. The Morgan fingerprint density at radius 1 is 1.09 bits per heavy atom. The van der Waals surface area contributed by atoms with Crippen LogP contribution in [0, 0.1) is 0 Å². The highest BCUT2D eigenvalue weighted by molar-refractivity contribution is 7.92. The molecule has 1 atom stereocenters. The number of sulfonamides is 1. The number of hydrogen-bond acceptors (Lipinski definition) is 7. The van der Waals surface area contributed by atoms with Gasteiger partial charge in [0, 0.05) is 20.1 Å². The van der Waals surface area contributed by atoms with E-state index in [1.54, 1.807) is 4.90 Å². The number of morpholine rings is 1. The molecule has 1 aliphatic heterocycles. The number of hydrogen-bond donors (Lipinski definition) is 1. The number of anilines is 1. The molecule has 1 saturated heterocycles. The molecule has 0 radical (unpaired) electrons. The van der Waals surface area contributed by atoms with Crippen LogP contribution in [-0.2, 0) is 25.7 Å². The van der Waals surface area contributed by atoms with E-state index in [-0.39, 0.29) is 23.7 Å². The lowest BCUT2D eigenvalue weighted by Gasteiger charge is -2.37. The molecule has 2 aromatic carbocycles. The third-order valence-corrected chi connectivity index (χ3v) is 6.53. The van der Waals surface area contributed by atoms with Crippen LogP contribution in [0.5, 0.6) is 11.5 Å². The summed E-state index contributed by atoms with van der Waals surface area (Å²) in [6.45, 7) is 1.27. The van der Waals surface area contributed by atoms with E-state index in [4.69, 9.17) is 9.47 Å². The SMILES string of the molecule is CN(O)C(=O)[C@H](CN(c1ccc(Oc2ccc(C(F)(F)F)cc2)cc1)S(C)(=O)=O)N1CCOCC1. The highest BCUT2D eigenvalue weighted by Gasteiger charge is 2.34. The van der Waals surface area contributed by atoms with Gasteiger partial charge < -0.3 is 9.47 Å². The van der Waals surface area contributed by atoms with Gasteiger partial charge in [-0.2, -0.15) is 13.2 Å². The van der Waals surface area contributed by atoms with Gasteiger partial charge in [-0.1, -0.05) is 0 Å². The van der Waals surface area contributed by atoms with Crippen molar-refractivity contribution in [2.75, 3.05) is 50.5 Å². The van der Waals surface area contributed by atoms with Crippen molar-refractivity contribution < 1.29 is 41.1 Å². The Morgan fingerprint density at radius 3 is 2.06 bits per heavy atom. The maximum Gasteiger partial charge on any atom is 0.416 e. The van der Waals surface area contributed by atoms with E-state index in [0.717, 1.165) is 22.7 Å². The van der Waals surface area contributed by atoms with Crippen LogP contribution in [0.2, 0.25) is 0 Å². The van der Waals surface area contributed by atoms with Gasteiger partial charge in [-0.15, -0.1) is 0 Å². The summed E-state index contributed by atoms with van der Waals surface area (Å²) in [4.78, 5) is 14.4. The van der Waals surface area contributed by atoms with Gasteiger partial charge in [-0.3, -0.25) is 19.2 Å². The lowest BCUT2D eigenvalue weighted by Crippen LogP contribution is -2.56. The van der Waals surface area contributed by atoms with Crippen LogP contribution in [0.25, 0.3) is 0 Å². The minimum absolute atomic E-state index is 0.176. The van der Waals surface area contributed by atoms with Crippen molar-refractivity contribution in [2.24, 2.45) is 0 Å². The fraction of sp³-hybridized carbons (Fsp3) is 0.409. The minimum atomic E-state index is -4.46. The van der Waals surface area contributed by atoms with Crippen molar-refractivity contribution in [1.29, 1.82) is 0 Å². The third-order valence-electron chi connectivity index (χ3n) is 5.37. The molecule has 0 bridgehead atoms. The number of amides is 1. The zero-order valence-corrected chi connectivity index (χ0v) is 19.9. The van der Waals surface area contributed by atoms with E-state index >= 15 is 0 Å². The molecule has 35 heavy (non-hydrogen) atoms. The second-order valence-electron chi connectivity index (χ2n) is 7.94. The van der Waals surface area contributed by atoms with Gasteiger partial charge in [0.1, 0.15) is 17.5 Å². The number of halogens is 3.